The van der Waals surface area contributed by atoms with Crippen LogP contribution in [-0.2, 0) is 10.0 Å². The molecule has 24 heavy (non-hydrogen) atoms. The summed E-state index contributed by atoms with van der Waals surface area (Å²) in [7, 11) is -3.86. The van der Waals surface area contributed by atoms with Crippen molar-refractivity contribution in [3.63, 3.8) is 0 Å². The number of nitrogens with two attached hydrogens (primary N) is 1. The van der Waals surface area contributed by atoms with Crippen LogP contribution in [0.2, 0.25) is 0 Å². The standard InChI is InChI=1S/C19H25NO3S/c1-4-13(2)18(19(21)15-10-6-5-9-14(15)3)16-11-7-8-12-17(16)24(20,22)23/h5-13,18-19,21H,4H2,1-3H3,(H2,20,22,23)/t13-,18-,19?/m0/s1. The maximum Gasteiger partial charge on any atom is 0.238 e. The maximum absolute atomic E-state index is 12.0. The first kappa shape index (κ1) is 18.6. The highest BCUT2D eigenvalue weighted by Crippen LogP contribution is 2.41. The van der Waals surface area contributed by atoms with E-state index in [1.54, 1.807) is 18.2 Å². The fourth-order valence-electron chi connectivity index (χ4n) is 3.17. The highest BCUT2D eigenvalue weighted by molar-refractivity contribution is 7.89. The summed E-state index contributed by atoms with van der Waals surface area (Å²) in [5.74, 6) is -0.270. The third-order valence-electron chi connectivity index (χ3n) is 4.69. The molecule has 3 atom stereocenters. The molecule has 3 N–H and O–H groups in total. The average Bonchev–Trinajstić information content (AvgIpc) is 2.54. The molecule has 0 spiro atoms. The van der Waals surface area contributed by atoms with Gasteiger partial charge in [0.1, 0.15) is 0 Å². The summed E-state index contributed by atoms with van der Waals surface area (Å²) in [4.78, 5) is 0.0861. The summed E-state index contributed by atoms with van der Waals surface area (Å²) in [6, 6.07) is 14.3. The van der Waals surface area contributed by atoms with Crippen LogP contribution < -0.4 is 5.14 Å². The number of sulfonamides is 1. The van der Waals surface area contributed by atoms with E-state index in [1.807, 2.05) is 45.0 Å². The molecule has 2 aromatic rings. The minimum absolute atomic E-state index is 0.0857. The Morgan fingerprint density at radius 1 is 1.04 bits per heavy atom. The molecule has 0 aliphatic heterocycles. The second kappa shape index (κ2) is 7.47. The van der Waals surface area contributed by atoms with Gasteiger partial charge in [0.15, 0.2) is 0 Å². The highest BCUT2D eigenvalue weighted by atomic mass is 32.2. The van der Waals surface area contributed by atoms with E-state index in [1.165, 1.54) is 6.07 Å². The third-order valence-corrected chi connectivity index (χ3v) is 5.67. The van der Waals surface area contributed by atoms with Crippen LogP contribution in [-0.4, -0.2) is 13.5 Å². The van der Waals surface area contributed by atoms with Gasteiger partial charge in [-0.1, -0.05) is 62.7 Å². The van der Waals surface area contributed by atoms with Crippen LogP contribution in [0.4, 0.5) is 0 Å². The molecule has 0 radical (unpaired) electrons. The molecule has 0 bridgehead atoms. The first-order valence-corrected chi connectivity index (χ1v) is 9.67. The number of hydrogen-bond donors (Lipinski definition) is 2. The molecular weight excluding hydrogens is 322 g/mol. The monoisotopic (exact) mass is 347 g/mol. The molecule has 0 amide bonds. The van der Waals surface area contributed by atoms with E-state index in [0.29, 0.717) is 5.56 Å². The quantitative estimate of drug-likeness (QED) is 0.839. The van der Waals surface area contributed by atoms with Crippen LogP contribution in [0.5, 0.6) is 0 Å². The van der Waals surface area contributed by atoms with Crippen molar-refractivity contribution in [3.05, 3.63) is 65.2 Å². The molecule has 0 heterocycles. The molecular formula is C19H25NO3S. The Hall–Kier alpha value is -1.69. The Balaban J connectivity index is 2.62. The summed E-state index contributed by atoms with van der Waals surface area (Å²) in [6.45, 7) is 5.99. The van der Waals surface area contributed by atoms with Crippen LogP contribution >= 0.6 is 0 Å². The SMILES string of the molecule is CC[C@H](C)[C@@H](c1ccccc1S(N)(=O)=O)C(O)c1ccccc1C. The fraction of sp³-hybridized carbons (Fsp3) is 0.368. The lowest BCUT2D eigenvalue weighted by Gasteiger charge is -2.31. The van der Waals surface area contributed by atoms with E-state index in [-0.39, 0.29) is 16.7 Å². The van der Waals surface area contributed by atoms with Crippen molar-refractivity contribution in [3.8, 4) is 0 Å². The van der Waals surface area contributed by atoms with Crippen LogP contribution in [0.1, 0.15) is 49.0 Å². The number of primary sulfonamides is 1. The van der Waals surface area contributed by atoms with Gasteiger partial charge in [-0.3, -0.25) is 0 Å². The summed E-state index contributed by atoms with van der Waals surface area (Å²) >= 11 is 0. The van der Waals surface area contributed by atoms with E-state index in [9.17, 15) is 13.5 Å². The second-order valence-electron chi connectivity index (χ2n) is 6.30. The van der Waals surface area contributed by atoms with E-state index in [2.05, 4.69) is 0 Å². The summed E-state index contributed by atoms with van der Waals surface area (Å²) in [5, 5.41) is 16.5. The lowest BCUT2D eigenvalue weighted by Crippen LogP contribution is -2.23. The Bertz CT molecular complexity index is 802. The summed E-state index contributed by atoms with van der Waals surface area (Å²) < 4.78 is 24.0. The van der Waals surface area contributed by atoms with Crippen LogP contribution in [0.25, 0.3) is 0 Å². The van der Waals surface area contributed by atoms with E-state index in [0.717, 1.165) is 17.5 Å². The predicted molar refractivity (Wildman–Crippen MR) is 96.2 cm³/mol. The Kier molecular flexibility index (Phi) is 5.80. The van der Waals surface area contributed by atoms with Crippen molar-refractivity contribution in [2.24, 2.45) is 11.1 Å². The van der Waals surface area contributed by atoms with Gasteiger partial charge in [-0.25, -0.2) is 13.6 Å². The Morgan fingerprint density at radius 2 is 1.58 bits per heavy atom. The second-order valence-corrected chi connectivity index (χ2v) is 7.83. The summed E-state index contributed by atoms with van der Waals surface area (Å²) in [6.07, 6.45) is 0.0103. The lowest BCUT2D eigenvalue weighted by molar-refractivity contribution is 0.116. The zero-order valence-corrected chi connectivity index (χ0v) is 15.1. The van der Waals surface area contributed by atoms with Gasteiger partial charge in [0.05, 0.1) is 11.0 Å². The van der Waals surface area contributed by atoms with Gasteiger partial charge in [0.25, 0.3) is 0 Å². The minimum atomic E-state index is -3.86. The molecule has 2 rings (SSSR count). The van der Waals surface area contributed by atoms with Gasteiger partial charge >= 0.3 is 0 Å². The van der Waals surface area contributed by atoms with Gasteiger partial charge in [0, 0.05) is 5.92 Å². The van der Waals surface area contributed by atoms with Crippen LogP contribution in [0, 0.1) is 12.8 Å². The van der Waals surface area contributed by atoms with Crippen molar-refractivity contribution in [1.29, 1.82) is 0 Å². The maximum atomic E-state index is 12.0. The van der Waals surface area contributed by atoms with Crippen molar-refractivity contribution in [1.82, 2.24) is 0 Å². The topological polar surface area (TPSA) is 80.4 Å². The number of rotatable bonds is 6. The molecule has 4 nitrogen and oxygen atoms in total. The van der Waals surface area contributed by atoms with Crippen molar-refractivity contribution < 1.29 is 13.5 Å². The first-order chi connectivity index (χ1) is 11.3. The molecule has 1 unspecified atom stereocenters. The predicted octanol–water partition coefficient (Wildman–Crippen LogP) is 3.51. The molecule has 0 saturated carbocycles. The normalized spacial score (nSPS) is 15.7. The molecule has 0 saturated heterocycles. The molecule has 0 fully saturated rings. The van der Waals surface area contributed by atoms with E-state index in [4.69, 9.17) is 5.14 Å². The molecule has 0 aliphatic rings. The lowest BCUT2D eigenvalue weighted by atomic mass is 9.78. The van der Waals surface area contributed by atoms with Gasteiger partial charge < -0.3 is 5.11 Å². The van der Waals surface area contributed by atoms with Crippen molar-refractivity contribution in [2.75, 3.05) is 0 Å². The fourth-order valence-corrected chi connectivity index (χ4v) is 3.97. The van der Waals surface area contributed by atoms with Gasteiger partial charge in [-0.05, 0) is 35.6 Å². The zero-order chi connectivity index (χ0) is 17.9. The molecule has 2 aromatic carbocycles. The molecule has 0 aliphatic carbocycles. The van der Waals surface area contributed by atoms with Crippen molar-refractivity contribution in [2.45, 2.75) is 44.1 Å². The van der Waals surface area contributed by atoms with Crippen LogP contribution in [0.3, 0.4) is 0 Å². The van der Waals surface area contributed by atoms with Crippen molar-refractivity contribution >= 4 is 10.0 Å². The number of hydrogen-bond acceptors (Lipinski definition) is 3. The Labute approximate surface area is 144 Å². The number of aliphatic hydroxyl groups is 1. The Morgan fingerprint density at radius 3 is 2.12 bits per heavy atom. The summed E-state index contributed by atoms with van der Waals surface area (Å²) in [5.41, 5.74) is 2.36. The van der Waals surface area contributed by atoms with E-state index >= 15 is 0 Å². The van der Waals surface area contributed by atoms with Gasteiger partial charge in [0.2, 0.25) is 10.0 Å². The molecule has 0 aromatic heterocycles. The number of aliphatic hydroxyl groups excluding tert-OH is 1. The highest BCUT2D eigenvalue weighted by Gasteiger charge is 2.31. The largest absolute Gasteiger partial charge is 0.388 e. The van der Waals surface area contributed by atoms with E-state index < -0.39 is 16.1 Å². The first-order valence-electron chi connectivity index (χ1n) is 8.12. The number of aryl methyl sites for hydroxylation is 1. The molecule has 5 heteroatoms. The third kappa shape index (κ3) is 3.86. The van der Waals surface area contributed by atoms with Gasteiger partial charge in [-0.15, -0.1) is 0 Å². The molecule has 130 valence electrons. The minimum Gasteiger partial charge on any atom is -0.388 e. The zero-order valence-electron chi connectivity index (χ0n) is 14.3. The smallest absolute Gasteiger partial charge is 0.238 e. The average molecular weight is 347 g/mol. The van der Waals surface area contributed by atoms with Crippen LogP contribution in [0.15, 0.2) is 53.4 Å². The van der Waals surface area contributed by atoms with Gasteiger partial charge in [-0.2, -0.15) is 0 Å². The number of benzene rings is 2.